The first-order valence-electron chi connectivity index (χ1n) is 7.21. The van der Waals surface area contributed by atoms with E-state index in [9.17, 15) is 0 Å². The molecule has 0 aliphatic carbocycles. The van der Waals surface area contributed by atoms with Gasteiger partial charge in [-0.05, 0) is 42.4 Å². The Morgan fingerprint density at radius 3 is 2.68 bits per heavy atom. The van der Waals surface area contributed by atoms with Crippen molar-refractivity contribution in [3.8, 4) is 16.9 Å². The molecule has 0 atom stereocenters. The molecule has 22 heavy (non-hydrogen) atoms. The van der Waals surface area contributed by atoms with Gasteiger partial charge in [-0.3, -0.25) is 0 Å². The van der Waals surface area contributed by atoms with Gasteiger partial charge in [-0.2, -0.15) is 0 Å². The normalized spacial score (nSPS) is 11.3. The van der Waals surface area contributed by atoms with Crippen molar-refractivity contribution in [2.75, 3.05) is 7.11 Å². The number of pyridine rings is 1. The van der Waals surface area contributed by atoms with Gasteiger partial charge in [0.1, 0.15) is 10.9 Å². The number of nitrogens with zero attached hydrogens (tertiary/aromatic N) is 2. The summed E-state index contributed by atoms with van der Waals surface area (Å²) in [5, 5.41) is 2.93. The predicted molar refractivity (Wildman–Crippen MR) is 96.8 cm³/mol. The highest BCUT2D eigenvalue weighted by Gasteiger charge is 2.20. The second-order valence-electron chi connectivity index (χ2n) is 5.59. The molecule has 0 amide bonds. The predicted octanol–water partition coefficient (Wildman–Crippen LogP) is 2.51. The molecule has 3 aromatic rings. The van der Waals surface area contributed by atoms with E-state index in [-0.39, 0.29) is 0 Å². The largest absolute Gasteiger partial charge is 0.497 e. The van der Waals surface area contributed by atoms with E-state index < -0.39 is 0 Å². The molecule has 0 spiro atoms. The first kappa shape index (κ1) is 15.1. The number of hydrogen-bond acceptors (Lipinski definition) is 2. The quantitative estimate of drug-likeness (QED) is 0.533. The van der Waals surface area contributed by atoms with E-state index >= 15 is 0 Å². The third kappa shape index (κ3) is 2.14. The summed E-state index contributed by atoms with van der Waals surface area (Å²) >= 11 is 6.51. The van der Waals surface area contributed by atoms with Crippen LogP contribution in [0.5, 0.6) is 5.75 Å². The third-order valence-electron chi connectivity index (χ3n) is 4.42. The summed E-state index contributed by atoms with van der Waals surface area (Å²) in [6.07, 6.45) is 0. The van der Waals surface area contributed by atoms with Gasteiger partial charge in [0, 0.05) is 23.7 Å². The molecular weight excluding hydrogens is 312 g/mol. The van der Waals surface area contributed by atoms with Crippen LogP contribution >= 0.6 is 11.6 Å². The highest BCUT2D eigenvalue weighted by atomic mass is 35.5. The van der Waals surface area contributed by atoms with Crippen LogP contribution in [0.15, 0.2) is 24.3 Å². The monoisotopic (exact) mass is 330 g/mol. The number of ether oxygens (including phenoxy) is 1. The molecule has 0 aliphatic heterocycles. The molecule has 0 fully saturated rings. The lowest BCUT2D eigenvalue weighted by Crippen LogP contribution is -2.15. The molecule has 5 heteroatoms. The Morgan fingerprint density at radius 1 is 1.27 bits per heavy atom. The second-order valence-corrected chi connectivity index (χ2v) is 6.89. The van der Waals surface area contributed by atoms with Gasteiger partial charge in [0.15, 0.2) is 0 Å². The Hall–Kier alpha value is -1.78. The molecule has 3 rings (SSSR count). The highest BCUT2D eigenvalue weighted by Crippen LogP contribution is 2.36. The van der Waals surface area contributed by atoms with Crippen molar-refractivity contribution in [3.05, 3.63) is 40.7 Å². The van der Waals surface area contributed by atoms with Crippen LogP contribution in [0.2, 0.25) is 5.15 Å². The first-order valence-corrected chi connectivity index (χ1v) is 8.59. The van der Waals surface area contributed by atoms with E-state index in [4.69, 9.17) is 16.3 Å². The Morgan fingerprint density at radius 2 is 2.00 bits per heavy atom. The molecule has 0 saturated heterocycles. The fourth-order valence-electron chi connectivity index (χ4n) is 3.03. The standard InChI is InChI=1S/C17H19ClN2OSi/c1-9-10(2)19-16(18)14-13(17(22)20(3)15(9)14)11-6-5-7-12(8-11)21-4/h5-8H,1-4,22H3. The molecule has 0 unspecified atom stereocenters. The molecule has 0 bridgehead atoms. The van der Waals surface area contributed by atoms with Crippen LogP contribution in [-0.4, -0.2) is 26.9 Å². The maximum atomic E-state index is 6.51. The summed E-state index contributed by atoms with van der Waals surface area (Å²) in [6.45, 7) is 4.11. The average molecular weight is 331 g/mol. The summed E-state index contributed by atoms with van der Waals surface area (Å²) in [5.41, 5.74) is 5.66. The minimum absolute atomic E-state index is 0.577. The Bertz CT molecular complexity index is 886. The van der Waals surface area contributed by atoms with Crippen LogP contribution in [0.3, 0.4) is 0 Å². The topological polar surface area (TPSA) is 27.1 Å². The molecule has 0 N–H and O–H groups in total. The van der Waals surface area contributed by atoms with Crippen molar-refractivity contribution in [2.45, 2.75) is 13.8 Å². The van der Waals surface area contributed by atoms with E-state index in [0.717, 1.165) is 32.6 Å². The Kier molecular flexibility index (Phi) is 3.74. The van der Waals surface area contributed by atoms with Gasteiger partial charge < -0.3 is 9.30 Å². The van der Waals surface area contributed by atoms with Crippen LogP contribution in [0, 0.1) is 13.8 Å². The lowest BCUT2D eigenvalue weighted by Gasteiger charge is -2.07. The SMILES string of the molecule is COc1cccc(-c2c([SiH3])n(C)c3c(C)c(C)nc(Cl)c23)c1. The Balaban J connectivity index is 2.44. The van der Waals surface area contributed by atoms with E-state index in [1.165, 1.54) is 22.0 Å². The van der Waals surface area contributed by atoms with E-state index in [0.29, 0.717) is 5.15 Å². The van der Waals surface area contributed by atoms with Crippen molar-refractivity contribution in [1.29, 1.82) is 0 Å². The van der Waals surface area contributed by atoms with Crippen molar-refractivity contribution in [1.82, 2.24) is 9.55 Å². The molecule has 1 aromatic carbocycles. The first-order chi connectivity index (χ1) is 10.5. The second kappa shape index (κ2) is 5.45. The smallest absolute Gasteiger partial charge is 0.139 e. The number of aromatic nitrogens is 2. The third-order valence-corrected chi connectivity index (χ3v) is 5.86. The number of fused-ring (bicyclic) bond motifs is 1. The van der Waals surface area contributed by atoms with Crippen LogP contribution in [0.4, 0.5) is 0 Å². The van der Waals surface area contributed by atoms with Gasteiger partial charge in [-0.1, -0.05) is 23.7 Å². The minimum atomic E-state index is 0.577. The van der Waals surface area contributed by atoms with E-state index in [2.05, 4.69) is 35.7 Å². The highest BCUT2D eigenvalue weighted by molar-refractivity contribution is 6.42. The van der Waals surface area contributed by atoms with Crippen molar-refractivity contribution in [2.24, 2.45) is 7.05 Å². The summed E-state index contributed by atoms with van der Waals surface area (Å²) in [5.74, 6) is 0.850. The van der Waals surface area contributed by atoms with Gasteiger partial charge in [-0.15, -0.1) is 0 Å². The Labute approximate surface area is 138 Å². The zero-order valence-electron chi connectivity index (χ0n) is 13.5. The fraction of sp³-hybridized carbons (Fsp3) is 0.235. The van der Waals surface area contributed by atoms with Crippen molar-refractivity contribution < 1.29 is 4.74 Å². The molecule has 2 aromatic heterocycles. The summed E-state index contributed by atoms with van der Waals surface area (Å²) in [7, 11) is 4.72. The fourth-order valence-corrected chi connectivity index (χ4v) is 4.11. The summed E-state index contributed by atoms with van der Waals surface area (Å²) < 4.78 is 7.62. The minimum Gasteiger partial charge on any atom is -0.497 e. The van der Waals surface area contributed by atoms with Crippen LogP contribution < -0.4 is 10.1 Å². The van der Waals surface area contributed by atoms with E-state index in [1.807, 2.05) is 19.1 Å². The number of hydrogen-bond donors (Lipinski definition) is 0. The van der Waals surface area contributed by atoms with Gasteiger partial charge in [0.25, 0.3) is 0 Å². The maximum Gasteiger partial charge on any atom is 0.139 e. The number of rotatable bonds is 2. The molecular formula is C17H19ClN2OSi. The molecule has 0 saturated carbocycles. The molecule has 3 nitrogen and oxygen atoms in total. The van der Waals surface area contributed by atoms with Gasteiger partial charge in [-0.25, -0.2) is 4.98 Å². The number of aryl methyl sites for hydroxylation is 3. The van der Waals surface area contributed by atoms with Crippen molar-refractivity contribution in [3.63, 3.8) is 0 Å². The number of halogens is 1. The molecule has 0 radical (unpaired) electrons. The molecule has 114 valence electrons. The summed E-state index contributed by atoms with van der Waals surface area (Å²) in [6, 6.07) is 8.12. The van der Waals surface area contributed by atoms with Crippen LogP contribution in [0.1, 0.15) is 11.3 Å². The zero-order valence-corrected chi connectivity index (χ0v) is 16.2. The van der Waals surface area contributed by atoms with Gasteiger partial charge in [0.2, 0.25) is 0 Å². The maximum absolute atomic E-state index is 6.51. The van der Waals surface area contributed by atoms with Crippen molar-refractivity contribution >= 4 is 38.1 Å². The molecule has 0 aliphatic rings. The summed E-state index contributed by atoms with van der Waals surface area (Å²) in [4.78, 5) is 4.52. The van der Waals surface area contributed by atoms with Gasteiger partial charge in [0.05, 0.1) is 22.9 Å². The van der Waals surface area contributed by atoms with Crippen LogP contribution in [-0.2, 0) is 7.05 Å². The average Bonchev–Trinajstić information content (AvgIpc) is 2.78. The number of benzene rings is 1. The zero-order chi connectivity index (χ0) is 16.0. The lowest BCUT2D eigenvalue weighted by atomic mass is 10.0. The van der Waals surface area contributed by atoms with E-state index in [1.54, 1.807) is 7.11 Å². The lowest BCUT2D eigenvalue weighted by molar-refractivity contribution is 0.415. The van der Waals surface area contributed by atoms with Gasteiger partial charge >= 0.3 is 0 Å². The van der Waals surface area contributed by atoms with Crippen LogP contribution in [0.25, 0.3) is 22.0 Å². The molecule has 2 heterocycles. The number of methoxy groups -OCH3 is 1.